The fourth-order valence-electron chi connectivity index (χ4n) is 3.66. The number of nitrogens with one attached hydrogen (secondary N) is 1. The van der Waals surface area contributed by atoms with E-state index in [0.29, 0.717) is 0 Å². The van der Waals surface area contributed by atoms with E-state index >= 15 is 0 Å². The summed E-state index contributed by atoms with van der Waals surface area (Å²) >= 11 is 12.0. The number of rotatable bonds is 2. The number of hydrogen-bond acceptors (Lipinski definition) is 1. The fourth-order valence-corrected chi connectivity index (χ4v) is 4.09. The van der Waals surface area contributed by atoms with Crippen LogP contribution in [0.4, 0.5) is 5.69 Å². The lowest BCUT2D eigenvalue weighted by molar-refractivity contribution is 0.293. The van der Waals surface area contributed by atoms with Crippen molar-refractivity contribution in [3.05, 3.63) is 88.2 Å². The molecule has 0 saturated heterocycles. The van der Waals surface area contributed by atoms with Gasteiger partial charge in [0.05, 0.1) is 6.04 Å². The molecule has 3 nitrogen and oxygen atoms in total. The molecule has 1 aliphatic heterocycles. The lowest BCUT2D eigenvalue weighted by Crippen LogP contribution is -2.44. The number of hydrogen-bond donors (Lipinski definition) is 1. The van der Waals surface area contributed by atoms with Crippen molar-refractivity contribution in [2.75, 3.05) is 11.9 Å². The molecule has 0 fully saturated rings. The molecular weight excluding hydrogens is 374 g/mol. The standard InChI is InChI=1S/C22H22ClN3S/c1-15-5-6-16(2)19(14-15)24-22(27)26-13-12-25-11-3-4-20(25)21(26)17-7-9-18(23)10-8-17/h3-11,14,21H,12-13H2,1-2H3,(H,24,27). The maximum Gasteiger partial charge on any atom is 0.174 e. The molecule has 5 heteroatoms. The summed E-state index contributed by atoms with van der Waals surface area (Å²) in [5, 5.41) is 4.97. The second kappa shape index (κ2) is 7.37. The molecule has 138 valence electrons. The number of thiocarbonyl (C=S) groups is 1. The van der Waals surface area contributed by atoms with Crippen molar-refractivity contribution in [1.82, 2.24) is 9.47 Å². The fraction of sp³-hybridized carbons (Fsp3) is 0.227. The van der Waals surface area contributed by atoms with Gasteiger partial charge in [0, 0.05) is 35.7 Å². The molecule has 0 aliphatic carbocycles. The Kier molecular flexibility index (Phi) is 4.94. The van der Waals surface area contributed by atoms with Crippen LogP contribution in [-0.4, -0.2) is 21.1 Å². The molecule has 1 aliphatic rings. The van der Waals surface area contributed by atoms with Crippen molar-refractivity contribution < 1.29 is 0 Å². The topological polar surface area (TPSA) is 20.2 Å². The van der Waals surface area contributed by atoms with Gasteiger partial charge in [-0.1, -0.05) is 35.9 Å². The second-order valence-corrected chi connectivity index (χ2v) is 7.85. The van der Waals surface area contributed by atoms with Gasteiger partial charge in [-0.25, -0.2) is 0 Å². The largest absolute Gasteiger partial charge is 0.348 e. The third kappa shape index (κ3) is 3.60. The van der Waals surface area contributed by atoms with Crippen molar-refractivity contribution in [3.63, 3.8) is 0 Å². The van der Waals surface area contributed by atoms with Crippen LogP contribution in [-0.2, 0) is 6.54 Å². The molecule has 3 aromatic rings. The number of anilines is 1. The summed E-state index contributed by atoms with van der Waals surface area (Å²) in [5.74, 6) is 0. The molecule has 1 N–H and O–H groups in total. The van der Waals surface area contributed by atoms with E-state index in [2.05, 4.69) is 77.3 Å². The molecule has 27 heavy (non-hydrogen) atoms. The Labute approximate surface area is 170 Å². The number of aryl methyl sites for hydroxylation is 2. The van der Waals surface area contributed by atoms with E-state index in [0.717, 1.165) is 28.9 Å². The smallest absolute Gasteiger partial charge is 0.174 e. The Morgan fingerprint density at radius 3 is 2.63 bits per heavy atom. The zero-order valence-electron chi connectivity index (χ0n) is 15.4. The van der Waals surface area contributed by atoms with Crippen LogP contribution < -0.4 is 5.32 Å². The summed E-state index contributed by atoms with van der Waals surface area (Å²) < 4.78 is 2.30. The monoisotopic (exact) mass is 395 g/mol. The van der Waals surface area contributed by atoms with E-state index in [1.807, 2.05) is 12.1 Å². The SMILES string of the molecule is Cc1ccc(C)c(NC(=S)N2CCn3cccc3C2c2ccc(Cl)cc2)c1. The Morgan fingerprint density at radius 2 is 1.85 bits per heavy atom. The molecule has 0 radical (unpaired) electrons. The quantitative estimate of drug-likeness (QED) is 0.573. The maximum atomic E-state index is 6.11. The zero-order valence-corrected chi connectivity index (χ0v) is 17.0. The molecule has 1 aromatic heterocycles. The van der Waals surface area contributed by atoms with E-state index in [9.17, 15) is 0 Å². The maximum absolute atomic E-state index is 6.11. The summed E-state index contributed by atoms with van der Waals surface area (Å²) in [4.78, 5) is 2.27. The van der Waals surface area contributed by atoms with Crippen molar-refractivity contribution in [2.45, 2.75) is 26.4 Å². The summed E-state index contributed by atoms with van der Waals surface area (Å²) in [7, 11) is 0. The highest BCUT2D eigenvalue weighted by Gasteiger charge is 2.30. The predicted molar refractivity (Wildman–Crippen MR) is 117 cm³/mol. The highest BCUT2D eigenvalue weighted by Crippen LogP contribution is 2.33. The first-order valence-electron chi connectivity index (χ1n) is 9.08. The zero-order chi connectivity index (χ0) is 19.0. The minimum Gasteiger partial charge on any atom is -0.348 e. The molecule has 0 saturated carbocycles. The van der Waals surface area contributed by atoms with Crippen molar-refractivity contribution in [3.8, 4) is 0 Å². The summed E-state index contributed by atoms with van der Waals surface area (Å²) in [6, 6.07) is 18.8. The van der Waals surface area contributed by atoms with E-state index in [1.54, 1.807) is 0 Å². The third-order valence-electron chi connectivity index (χ3n) is 5.12. The Bertz CT molecular complexity index is 977. The third-order valence-corrected chi connectivity index (χ3v) is 5.71. The van der Waals surface area contributed by atoms with Gasteiger partial charge in [0.1, 0.15) is 0 Å². The van der Waals surface area contributed by atoms with Gasteiger partial charge in [0.15, 0.2) is 5.11 Å². The van der Waals surface area contributed by atoms with E-state index < -0.39 is 0 Å². The van der Waals surface area contributed by atoms with E-state index in [4.69, 9.17) is 23.8 Å². The van der Waals surface area contributed by atoms with Crippen molar-refractivity contribution in [1.29, 1.82) is 0 Å². The highest BCUT2D eigenvalue weighted by atomic mass is 35.5. The van der Waals surface area contributed by atoms with Gasteiger partial charge in [-0.2, -0.15) is 0 Å². The van der Waals surface area contributed by atoms with Crippen molar-refractivity contribution >= 4 is 34.6 Å². The molecule has 0 amide bonds. The normalized spacial score (nSPS) is 16.1. The van der Waals surface area contributed by atoms with Gasteiger partial charge in [0.25, 0.3) is 0 Å². The van der Waals surface area contributed by atoms with Crippen LogP contribution in [0.1, 0.15) is 28.4 Å². The predicted octanol–water partition coefficient (Wildman–Crippen LogP) is 5.56. The van der Waals surface area contributed by atoms with Gasteiger partial charge in [0.2, 0.25) is 0 Å². The summed E-state index contributed by atoms with van der Waals surface area (Å²) in [5.41, 5.74) is 5.90. The first-order chi connectivity index (χ1) is 13.0. The van der Waals surface area contributed by atoms with Gasteiger partial charge >= 0.3 is 0 Å². The molecule has 2 aromatic carbocycles. The second-order valence-electron chi connectivity index (χ2n) is 7.02. The highest BCUT2D eigenvalue weighted by molar-refractivity contribution is 7.80. The number of benzene rings is 2. The van der Waals surface area contributed by atoms with E-state index in [1.165, 1.54) is 22.4 Å². The number of aromatic nitrogens is 1. The number of nitrogens with zero attached hydrogens (tertiary/aromatic N) is 2. The van der Waals surface area contributed by atoms with Crippen LogP contribution in [0.2, 0.25) is 5.02 Å². The molecule has 4 rings (SSSR count). The number of fused-ring (bicyclic) bond motifs is 1. The van der Waals surface area contributed by atoms with Crippen LogP contribution in [0.25, 0.3) is 0 Å². The minimum absolute atomic E-state index is 0.0659. The first kappa shape index (κ1) is 18.1. The van der Waals surface area contributed by atoms with Crippen molar-refractivity contribution in [2.24, 2.45) is 0 Å². The molecule has 0 bridgehead atoms. The Morgan fingerprint density at radius 1 is 1.07 bits per heavy atom. The van der Waals surface area contributed by atoms with Crippen LogP contribution in [0, 0.1) is 13.8 Å². The lowest BCUT2D eigenvalue weighted by atomic mass is 10.0. The first-order valence-corrected chi connectivity index (χ1v) is 9.87. The summed E-state index contributed by atoms with van der Waals surface area (Å²) in [6.45, 7) is 5.97. The molecule has 1 unspecified atom stereocenters. The summed E-state index contributed by atoms with van der Waals surface area (Å²) in [6.07, 6.45) is 2.14. The molecule has 1 atom stereocenters. The van der Waals surface area contributed by atoms with E-state index in [-0.39, 0.29) is 6.04 Å². The molecule has 2 heterocycles. The Hall–Kier alpha value is -2.30. The van der Waals surface area contributed by atoms with Gasteiger partial charge in [-0.05, 0) is 73.1 Å². The van der Waals surface area contributed by atoms with Gasteiger partial charge < -0.3 is 14.8 Å². The van der Waals surface area contributed by atoms with Crippen LogP contribution in [0.3, 0.4) is 0 Å². The minimum atomic E-state index is 0.0659. The molecule has 0 spiro atoms. The van der Waals surface area contributed by atoms with Gasteiger partial charge in [-0.15, -0.1) is 0 Å². The van der Waals surface area contributed by atoms with Crippen LogP contribution in [0.15, 0.2) is 60.8 Å². The van der Waals surface area contributed by atoms with Gasteiger partial charge in [-0.3, -0.25) is 0 Å². The van der Waals surface area contributed by atoms with Crippen LogP contribution >= 0.6 is 23.8 Å². The Balaban J connectivity index is 1.68. The average molecular weight is 396 g/mol. The number of halogens is 1. The molecular formula is C22H22ClN3S. The average Bonchev–Trinajstić information content (AvgIpc) is 3.13. The lowest BCUT2D eigenvalue weighted by Gasteiger charge is -2.39. The van der Waals surface area contributed by atoms with Crippen LogP contribution in [0.5, 0.6) is 0 Å².